The maximum atomic E-state index is 12.4. The molecule has 2 rings (SSSR count). The lowest BCUT2D eigenvalue weighted by molar-refractivity contribution is -0.384. The van der Waals surface area contributed by atoms with Crippen LogP contribution in [0.1, 0.15) is 31.2 Å². The molecule has 1 fully saturated rings. The average Bonchev–Trinajstić information content (AvgIpc) is 2.47. The predicted octanol–water partition coefficient (Wildman–Crippen LogP) is 1.56. The second-order valence-electron chi connectivity index (χ2n) is 4.92. The van der Waals surface area contributed by atoms with Gasteiger partial charge in [-0.15, -0.1) is 0 Å². The molecule has 8 nitrogen and oxygen atoms in total. The van der Waals surface area contributed by atoms with Crippen LogP contribution in [0.15, 0.2) is 24.3 Å². The Morgan fingerprint density at radius 2 is 1.86 bits per heavy atom. The van der Waals surface area contributed by atoms with E-state index in [4.69, 9.17) is 0 Å². The summed E-state index contributed by atoms with van der Waals surface area (Å²) in [4.78, 5) is 47.1. The summed E-state index contributed by atoms with van der Waals surface area (Å²) in [5, 5.41) is 12.8. The van der Waals surface area contributed by atoms with E-state index in [2.05, 4.69) is 5.32 Å². The fraction of sp³-hybridized carbons (Fsp3) is 0.357. The number of benzene rings is 1. The molecule has 22 heavy (non-hydrogen) atoms. The van der Waals surface area contributed by atoms with Crippen LogP contribution in [-0.2, 0) is 9.59 Å². The number of non-ortho nitro benzene ring substituents is 1. The van der Waals surface area contributed by atoms with Gasteiger partial charge in [-0.05, 0) is 12.0 Å². The second kappa shape index (κ2) is 6.33. The minimum absolute atomic E-state index is 0.133. The van der Waals surface area contributed by atoms with Gasteiger partial charge in [-0.2, -0.15) is 0 Å². The number of imide groups is 2. The van der Waals surface area contributed by atoms with E-state index in [-0.39, 0.29) is 12.2 Å². The van der Waals surface area contributed by atoms with Crippen molar-refractivity contribution in [1.29, 1.82) is 0 Å². The van der Waals surface area contributed by atoms with E-state index >= 15 is 0 Å². The number of nitrogens with one attached hydrogen (secondary N) is 1. The highest BCUT2D eigenvalue weighted by molar-refractivity contribution is 6.19. The number of barbiturate groups is 1. The van der Waals surface area contributed by atoms with Gasteiger partial charge >= 0.3 is 6.03 Å². The van der Waals surface area contributed by atoms with Gasteiger partial charge < -0.3 is 0 Å². The molecule has 1 N–H and O–H groups in total. The second-order valence-corrected chi connectivity index (χ2v) is 4.92. The van der Waals surface area contributed by atoms with Gasteiger partial charge in [-0.1, -0.05) is 25.5 Å². The zero-order valence-electron chi connectivity index (χ0n) is 11.9. The van der Waals surface area contributed by atoms with E-state index in [0.717, 1.165) is 11.3 Å². The number of hydrogen-bond donors (Lipinski definition) is 1. The maximum Gasteiger partial charge on any atom is 0.330 e. The van der Waals surface area contributed by atoms with Gasteiger partial charge in [-0.25, -0.2) is 4.79 Å². The zero-order chi connectivity index (χ0) is 16.3. The summed E-state index contributed by atoms with van der Waals surface area (Å²) in [5.41, 5.74) is 0.188. The van der Waals surface area contributed by atoms with Crippen LogP contribution in [0.4, 0.5) is 10.5 Å². The number of urea groups is 1. The number of carbonyl (C=O) groups is 3. The topological polar surface area (TPSA) is 110 Å². The van der Waals surface area contributed by atoms with Gasteiger partial charge in [0.05, 0.1) is 4.92 Å². The van der Waals surface area contributed by atoms with E-state index in [1.807, 2.05) is 6.92 Å². The number of hydrogen-bond acceptors (Lipinski definition) is 5. The lowest BCUT2D eigenvalue weighted by Gasteiger charge is -2.30. The van der Waals surface area contributed by atoms with Crippen LogP contribution in [0, 0.1) is 10.1 Å². The van der Waals surface area contributed by atoms with Crippen molar-refractivity contribution in [2.24, 2.45) is 0 Å². The molecule has 8 heteroatoms. The first-order valence-electron chi connectivity index (χ1n) is 6.86. The zero-order valence-corrected chi connectivity index (χ0v) is 11.9. The smallest absolute Gasteiger partial charge is 0.277 e. The summed E-state index contributed by atoms with van der Waals surface area (Å²) in [7, 11) is 0. The van der Waals surface area contributed by atoms with Gasteiger partial charge in [0.1, 0.15) is 5.92 Å². The first-order valence-corrected chi connectivity index (χ1v) is 6.86. The lowest BCUT2D eigenvalue weighted by atomic mass is 9.95. The number of amides is 4. The predicted molar refractivity (Wildman–Crippen MR) is 76.0 cm³/mol. The van der Waals surface area contributed by atoms with E-state index in [9.17, 15) is 24.5 Å². The molecule has 0 aromatic heterocycles. The molecule has 4 amide bonds. The number of rotatable bonds is 5. The Balaban J connectivity index is 2.27. The molecule has 1 aromatic carbocycles. The van der Waals surface area contributed by atoms with E-state index in [1.165, 1.54) is 24.3 Å². The van der Waals surface area contributed by atoms with Gasteiger partial charge in [0.15, 0.2) is 0 Å². The summed E-state index contributed by atoms with van der Waals surface area (Å²) in [6.45, 7) is 2.16. The summed E-state index contributed by atoms with van der Waals surface area (Å²) < 4.78 is 0. The van der Waals surface area contributed by atoms with Crippen LogP contribution < -0.4 is 5.32 Å². The number of carbonyl (C=O) groups excluding carboxylic acids is 3. The molecule has 0 bridgehead atoms. The largest absolute Gasteiger partial charge is 0.330 e. The highest BCUT2D eigenvalue weighted by atomic mass is 16.6. The number of nitro benzene ring substituents is 1. The van der Waals surface area contributed by atoms with Crippen LogP contribution in [0.5, 0.6) is 0 Å². The minimum Gasteiger partial charge on any atom is -0.277 e. The summed E-state index contributed by atoms with van der Waals surface area (Å²) in [6, 6.07) is 4.44. The standard InChI is InChI=1S/C14H15N3O5/c1-2-3-8-16-13(19)11(12(18)15-14(16)20)9-4-6-10(7-5-9)17(21)22/h4-7,11H,2-3,8H2,1H3,(H,15,18,20). The van der Waals surface area contributed by atoms with Crippen molar-refractivity contribution in [2.75, 3.05) is 6.54 Å². The Morgan fingerprint density at radius 3 is 2.41 bits per heavy atom. The molecule has 0 radical (unpaired) electrons. The number of nitro groups is 1. The van der Waals surface area contributed by atoms with Gasteiger partial charge in [0.25, 0.3) is 5.69 Å². The van der Waals surface area contributed by atoms with Crippen LogP contribution in [0.25, 0.3) is 0 Å². The Bertz CT molecular complexity index is 626. The molecule has 1 atom stereocenters. The molecule has 0 spiro atoms. The lowest BCUT2D eigenvalue weighted by Crippen LogP contribution is -2.56. The minimum atomic E-state index is -1.16. The monoisotopic (exact) mass is 305 g/mol. The normalized spacial score (nSPS) is 18.3. The van der Waals surface area contributed by atoms with Crippen molar-refractivity contribution in [3.8, 4) is 0 Å². The van der Waals surface area contributed by atoms with Crippen LogP contribution in [0.2, 0.25) is 0 Å². The number of unbranched alkanes of at least 4 members (excludes halogenated alkanes) is 1. The van der Waals surface area contributed by atoms with Crippen molar-refractivity contribution < 1.29 is 19.3 Å². The maximum absolute atomic E-state index is 12.4. The Hall–Kier alpha value is -2.77. The highest BCUT2D eigenvalue weighted by Crippen LogP contribution is 2.24. The van der Waals surface area contributed by atoms with Gasteiger partial charge in [0, 0.05) is 18.7 Å². The quantitative estimate of drug-likeness (QED) is 0.504. The van der Waals surface area contributed by atoms with Crippen LogP contribution in [0.3, 0.4) is 0 Å². The third-order valence-electron chi connectivity index (χ3n) is 3.42. The third-order valence-corrected chi connectivity index (χ3v) is 3.42. The SMILES string of the molecule is CCCCN1C(=O)NC(=O)C(c2ccc([N+](=O)[O-])cc2)C1=O. The molecule has 116 valence electrons. The number of nitrogens with zero attached hydrogens (tertiary/aromatic N) is 2. The van der Waals surface area contributed by atoms with Crippen LogP contribution >= 0.6 is 0 Å². The van der Waals surface area contributed by atoms with Crippen molar-refractivity contribution in [1.82, 2.24) is 10.2 Å². The van der Waals surface area contributed by atoms with E-state index in [0.29, 0.717) is 12.0 Å². The van der Waals surface area contributed by atoms with E-state index < -0.39 is 28.7 Å². The molecule has 1 unspecified atom stereocenters. The first-order chi connectivity index (χ1) is 10.5. The molecular formula is C14H15N3O5. The summed E-state index contributed by atoms with van der Waals surface area (Å²) >= 11 is 0. The Labute approximate surface area is 126 Å². The molecule has 0 saturated carbocycles. The molecular weight excluding hydrogens is 290 g/mol. The fourth-order valence-corrected chi connectivity index (χ4v) is 2.22. The molecule has 1 saturated heterocycles. The molecule has 1 aliphatic rings. The van der Waals surface area contributed by atoms with Crippen molar-refractivity contribution in [3.63, 3.8) is 0 Å². The van der Waals surface area contributed by atoms with Crippen molar-refractivity contribution >= 4 is 23.5 Å². The third kappa shape index (κ3) is 2.95. The summed E-state index contributed by atoms with van der Waals surface area (Å²) in [6.07, 6.45) is 1.44. The Morgan fingerprint density at radius 1 is 1.23 bits per heavy atom. The van der Waals surface area contributed by atoms with Gasteiger partial charge in [-0.3, -0.25) is 29.9 Å². The van der Waals surface area contributed by atoms with Crippen molar-refractivity contribution in [2.45, 2.75) is 25.7 Å². The van der Waals surface area contributed by atoms with E-state index in [1.54, 1.807) is 0 Å². The van der Waals surface area contributed by atoms with Crippen LogP contribution in [-0.4, -0.2) is 34.2 Å². The molecule has 1 aromatic rings. The summed E-state index contributed by atoms with van der Waals surface area (Å²) in [5.74, 6) is -2.47. The average molecular weight is 305 g/mol. The van der Waals surface area contributed by atoms with Gasteiger partial charge in [0.2, 0.25) is 11.8 Å². The Kier molecular flexibility index (Phi) is 4.50. The molecule has 1 heterocycles. The van der Waals surface area contributed by atoms with Crippen molar-refractivity contribution in [3.05, 3.63) is 39.9 Å². The molecule has 0 aliphatic carbocycles. The fourth-order valence-electron chi connectivity index (χ4n) is 2.22. The molecule has 1 aliphatic heterocycles. The first kappa shape index (κ1) is 15.6. The highest BCUT2D eigenvalue weighted by Gasteiger charge is 2.41.